The predicted octanol–water partition coefficient (Wildman–Crippen LogP) is 0.790. The van der Waals surface area contributed by atoms with Gasteiger partial charge in [-0.05, 0) is 12.1 Å². The smallest absolute Gasteiger partial charge is 0.327 e. The normalized spacial score (nSPS) is 18.7. The van der Waals surface area contributed by atoms with Crippen LogP contribution in [0.1, 0.15) is 10.4 Å². The fourth-order valence-electron chi connectivity index (χ4n) is 2.02. The molecule has 0 saturated carbocycles. The Bertz CT molecular complexity index is 504. The molecule has 108 valence electrons. The third-order valence-corrected chi connectivity index (χ3v) is 4.13. The lowest BCUT2D eigenvalue weighted by Gasteiger charge is -2.33. The van der Waals surface area contributed by atoms with E-state index in [1.807, 2.05) is 0 Å². The van der Waals surface area contributed by atoms with Gasteiger partial charge in [-0.25, -0.2) is 9.78 Å². The van der Waals surface area contributed by atoms with Crippen LogP contribution in [0.5, 0.6) is 0 Å². The highest BCUT2D eigenvalue weighted by molar-refractivity contribution is 7.99. The molecule has 0 bridgehead atoms. The maximum Gasteiger partial charge on any atom is 0.327 e. The molecule has 1 aliphatic rings. The fourth-order valence-corrected chi connectivity index (χ4v) is 3.06. The maximum absolute atomic E-state index is 11.8. The lowest BCUT2D eigenvalue weighted by molar-refractivity contribution is -0.138. The van der Waals surface area contributed by atoms with Crippen LogP contribution in [0.25, 0.3) is 0 Å². The summed E-state index contributed by atoms with van der Waals surface area (Å²) < 4.78 is 0. The molecule has 1 aliphatic heterocycles. The maximum atomic E-state index is 11.8. The molecule has 1 aromatic rings. The number of thioether (sulfide) groups is 1. The first kappa shape index (κ1) is 14.6. The van der Waals surface area contributed by atoms with Crippen molar-refractivity contribution in [2.24, 2.45) is 0 Å². The Morgan fingerprint density at radius 3 is 2.75 bits per heavy atom. The standard InChI is InChI=1S/C13H17N3O3S/c1-15(2)12(17)9-3-4-11(14-7-9)16-5-6-20-8-10(16)13(18)19/h3-4,7,10H,5-6,8H2,1-2H3,(H,18,19). The Kier molecular flexibility index (Phi) is 4.49. The van der Waals surface area contributed by atoms with Gasteiger partial charge in [-0.2, -0.15) is 11.8 Å². The van der Waals surface area contributed by atoms with Gasteiger partial charge >= 0.3 is 5.97 Å². The summed E-state index contributed by atoms with van der Waals surface area (Å²) in [5.41, 5.74) is 0.497. The number of nitrogens with zero attached hydrogens (tertiary/aromatic N) is 3. The first-order valence-electron chi connectivity index (χ1n) is 6.25. The summed E-state index contributed by atoms with van der Waals surface area (Å²) in [6, 6.07) is 2.84. The van der Waals surface area contributed by atoms with E-state index in [4.69, 9.17) is 0 Å². The Hall–Kier alpha value is -1.76. The first-order valence-corrected chi connectivity index (χ1v) is 7.41. The highest BCUT2D eigenvalue weighted by Crippen LogP contribution is 2.22. The van der Waals surface area contributed by atoms with Crippen LogP contribution in [0.3, 0.4) is 0 Å². The molecule has 1 atom stereocenters. The number of amides is 1. The van der Waals surface area contributed by atoms with E-state index < -0.39 is 12.0 Å². The van der Waals surface area contributed by atoms with Gasteiger partial charge in [-0.1, -0.05) is 0 Å². The second kappa shape index (κ2) is 6.13. The quantitative estimate of drug-likeness (QED) is 0.889. The van der Waals surface area contributed by atoms with Crippen LogP contribution < -0.4 is 4.90 Å². The number of aliphatic carboxylic acids is 1. The Labute approximate surface area is 121 Å². The highest BCUT2D eigenvalue weighted by Gasteiger charge is 2.29. The second-order valence-corrected chi connectivity index (χ2v) is 5.88. The molecule has 0 aliphatic carbocycles. The van der Waals surface area contributed by atoms with Crippen LogP contribution in [-0.4, -0.2) is 65.1 Å². The molecule has 0 spiro atoms. The van der Waals surface area contributed by atoms with Crippen molar-refractivity contribution < 1.29 is 14.7 Å². The average molecular weight is 295 g/mol. The second-order valence-electron chi connectivity index (χ2n) is 4.73. The topological polar surface area (TPSA) is 73.7 Å². The van der Waals surface area contributed by atoms with Crippen LogP contribution in [0, 0.1) is 0 Å². The lowest BCUT2D eigenvalue weighted by atomic mass is 10.2. The van der Waals surface area contributed by atoms with Crippen molar-refractivity contribution in [1.82, 2.24) is 9.88 Å². The van der Waals surface area contributed by atoms with Crippen molar-refractivity contribution >= 4 is 29.5 Å². The molecule has 6 nitrogen and oxygen atoms in total. The first-order chi connectivity index (χ1) is 9.50. The number of aromatic nitrogens is 1. The van der Waals surface area contributed by atoms with Gasteiger partial charge in [0.25, 0.3) is 5.91 Å². The third-order valence-electron chi connectivity index (χ3n) is 3.11. The summed E-state index contributed by atoms with van der Waals surface area (Å²) in [5.74, 6) is 1.08. The van der Waals surface area contributed by atoms with E-state index in [2.05, 4.69) is 4.98 Å². The van der Waals surface area contributed by atoms with Crippen molar-refractivity contribution in [3.05, 3.63) is 23.9 Å². The van der Waals surface area contributed by atoms with Crippen molar-refractivity contribution in [3.8, 4) is 0 Å². The molecule has 0 aromatic carbocycles. The van der Waals surface area contributed by atoms with Gasteiger partial charge in [-0.3, -0.25) is 4.79 Å². The summed E-state index contributed by atoms with van der Waals surface area (Å²) >= 11 is 1.63. The number of rotatable bonds is 3. The average Bonchev–Trinajstić information content (AvgIpc) is 2.46. The van der Waals surface area contributed by atoms with Crippen LogP contribution in [-0.2, 0) is 4.79 Å². The molecule has 1 saturated heterocycles. The number of carbonyl (C=O) groups excluding carboxylic acids is 1. The number of carboxylic acid groups (broad SMARTS) is 1. The summed E-state index contributed by atoms with van der Waals surface area (Å²) in [6.45, 7) is 0.648. The Morgan fingerprint density at radius 1 is 1.45 bits per heavy atom. The van der Waals surface area contributed by atoms with E-state index in [1.54, 1.807) is 42.9 Å². The van der Waals surface area contributed by atoms with Gasteiger partial charge in [-0.15, -0.1) is 0 Å². The van der Waals surface area contributed by atoms with Gasteiger partial charge in [0.05, 0.1) is 5.56 Å². The minimum Gasteiger partial charge on any atom is -0.480 e. The molecule has 1 amide bonds. The monoisotopic (exact) mass is 295 g/mol. The molecule has 7 heteroatoms. The van der Waals surface area contributed by atoms with Crippen molar-refractivity contribution in [3.63, 3.8) is 0 Å². The molecular formula is C13H17N3O3S. The van der Waals surface area contributed by atoms with E-state index in [1.165, 1.54) is 11.1 Å². The van der Waals surface area contributed by atoms with E-state index in [0.29, 0.717) is 23.7 Å². The minimum absolute atomic E-state index is 0.118. The van der Waals surface area contributed by atoms with E-state index >= 15 is 0 Å². The molecule has 2 rings (SSSR count). The van der Waals surface area contributed by atoms with Crippen molar-refractivity contribution in [2.45, 2.75) is 6.04 Å². The van der Waals surface area contributed by atoms with Crippen LogP contribution in [0.15, 0.2) is 18.3 Å². The van der Waals surface area contributed by atoms with Crippen molar-refractivity contribution in [1.29, 1.82) is 0 Å². The van der Waals surface area contributed by atoms with Crippen LogP contribution in [0.4, 0.5) is 5.82 Å². The molecule has 1 fully saturated rings. The molecule has 1 N–H and O–H groups in total. The zero-order valence-electron chi connectivity index (χ0n) is 11.4. The Morgan fingerprint density at radius 2 is 2.20 bits per heavy atom. The van der Waals surface area contributed by atoms with Crippen molar-refractivity contribution in [2.75, 3.05) is 37.0 Å². The molecule has 1 unspecified atom stereocenters. The number of hydrogen-bond acceptors (Lipinski definition) is 5. The molecule has 1 aromatic heterocycles. The summed E-state index contributed by atoms with van der Waals surface area (Å²) in [4.78, 5) is 30.5. The highest BCUT2D eigenvalue weighted by atomic mass is 32.2. The van der Waals surface area contributed by atoms with Crippen LogP contribution >= 0.6 is 11.8 Å². The number of carbonyl (C=O) groups is 2. The van der Waals surface area contributed by atoms with E-state index in [0.717, 1.165) is 5.75 Å². The van der Waals surface area contributed by atoms with Gasteiger partial charge in [0.1, 0.15) is 11.9 Å². The van der Waals surface area contributed by atoms with Gasteiger partial charge < -0.3 is 14.9 Å². The summed E-state index contributed by atoms with van der Waals surface area (Å²) in [7, 11) is 3.36. The largest absolute Gasteiger partial charge is 0.480 e. The molecule has 0 radical (unpaired) electrons. The summed E-state index contributed by atoms with van der Waals surface area (Å²) in [5, 5.41) is 9.24. The number of pyridine rings is 1. The molecule has 2 heterocycles. The Balaban J connectivity index is 2.20. The number of hydrogen-bond donors (Lipinski definition) is 1. The number of anilines is 1. The minimum atomic E-state index is -0.840. The van der Waals surface area contributed by atoms with Crippen LogP contribution in [0.2, 0.25) is 0 Å². The SMILES string of the molecule is CN(C)C(=O)c1ccc(N2CCSCC2C(=O)O)nc1. The number of carboxylic acids is 1. The molecule has 20 heavy (non-hydrogen) atoms. The van der Waals surface area contributed by atoms with Gasteiger partial charge in [0, 0.05) is 38.3 Å². The van der Waals surface area contributed by atoms with Gasteiger partial charge in [0.15, 0.2) is 0 Å². The fraction of sp³-hybridized carbons (Fsp3) is 0.462. The zero-order chi connectivity index (χ0) is 14.7. The predicted molar refractivity (Wildman–Crippen MR) is 78.3 cm³/mol. The van der Waals surface area contributed by atoms with E-state index in [9.17, 15) is 14.7 Å². The third kappa shape index (κ3) is 3.04. The molecular weight excluding hydrogens is 278 g/mol. The van der Waals surface area contributed by atoms with E-state index in [-0.39, 0.29) is 5.91 Å². The lowest BCUT2D eigenvalue weighted by Crippen LogP contribution is -2.47. The zero-order valence-corrected chi connectivity index (χ0v) is 12.3. The summed E-state index contributed by atoms with van der Waals surface area (Å²) in [6.07, 6.45) is 1.50. The van der Waals surface area contributed by atoms with Gasteiger partial charge in [0.2, 0.25) is 0 Å².